The van der Waals surface area contributed by atoms with E-state index in [1.54, 1.807) is 6.20 Å². The highest BCUT2D eigenvalue weighted by molar-refractivity contribution is 5.80. The van der Waals surface area contributed by atoms with Crippen molar-refractivity contribution in [3.63, 3.8) is 0 Å². The molecule has 2 aromatic carbocycles. The van der Waals surface area contributed by atoms with E-state index >= 15 is 0 Å². The molecule has 0 aliphatic rings. The quantitative estimate of drug-likeness (QED) is 0.351. The molecular weight excluding hydrogens is 348 g/mol. The van der Waals surface area contributed by atoms with Crippen LogP contribution in [0.1, 0.15) is 11.1 Å². The highest BCUT2D eigenvalue weighted by atomic mass is 15.1. The Bertz CT molecular complexity index is 1140. The van der Waals surface area contributed by atoms with E-state index in [0.717, 1.165) is 16.9 Å². The van der Waals surface area contributed by atoms with E-state index in [0.29, 0.717) is 19.0 Å². The van der Waals surface area contributed by atoms with Gasteiger partial charge in [-0.15, -0.1) is 0 Å². The van der Waals surface area contributed by atoms with Crippen molar-refractivity contribution in [3.8, 4) is 0 Å². The number of aromatic amines is 2. The molecule has 0 saturated heterocycles. The van der Waals surface area contributed by atoms with Crippen molar-refractivity contribution in [2.24, 2.45) is 0 Å². The first-order valence-corrected chi connectivity index (χ1v) is 9.26. The van der Waals surface area contributed by atoms with Crippen LogP contribution in [0.4, 0.5) is 11.8 Å². The first kappa shape index (κ1) is 16.4. The van der Waals surface area contributed by atoms with Crippen LogP contribution in [-0.4, -0.2) is 19.9 Å². The number of nitrogens with zero attached hydrogens (tertiary/aromatic N) is 2. The van der Waals surface area contributed by atoms with Crippen molar-refractivity contribution < 1.29 is 0 Å². The lowest BCUT2D eigenvalue weighted by molar-refractivity contribution is 1.04. The van der Waals surface area contributed by atoms with Gasteiger partial charge in [-0.1, -0.05) is 12.1 Å². The lowest BCUT2D eigenvalue weighted by atomic mass is 10.1. The first-order chi connectivity index (χ1) is 13.8. The fourth-order valence-corrected chi connectivity index (χ4v) is 3.34. The van der Waals surface area contributed by atoms with Crippen LogP contribution >= 0.6 is 0 Å². The molecule has 138 valence electrons. The number of fused-ring (bicyclic) bond motifs is 2. The molecule has 0 saturated carbocycles. The molecule has 0 amide bonds. The van der Waals surface area contributed by atoms with Gasteiger partial charge in [-0.3, -0.25) is 0 Å². The molecule has 3 aromatic heterocycles. The number of anilines is 2. The van der Waals surface area contributed by atoms with Crippen LogP contribution in [0, 0.1) is 0 Å². The van der Waals surface area contributed by atoms with E-state index in [1.807, 2.05) is 18.5 Å². The van der Waals surface area contributed by atoms with E-state index in [2.05, 4.69) is 79.1 Å². The second kappa shape index (κ2) is 7.08. The number of rotatable bonds is 6. The molecular formula is C22H20N6. The van der Waals surface area contributed by atoms with Crippen molar-refractivity contribution in [1.82, 2.24) is 19.9 Å². The Balaban J connectivity index is 1.23. The van der Waals surface area contributed by atoms with Gasteiger partial charge < -0.3 is 20.6 Å². The molecule has 6 heteroatoms. The van der Waals surface area contributed by atoms with Crippen LogP contribution in [0.2, 0.25) is 0 Å². The summed E-state index contributed by atoms with van der Waals surface area (Å²) in [5.74, 6) is 1.41. The largest absolute Gasteiger partial charge is 0.366 e. The van der Waals surface area contributed by atoms with Crippen LogP contribution in [0.15, 0.2) is 73.2 Å². The first-order valence-electron chi connectivity index (χ1n) is 9.26. The molecule has 0 spiro atoms. The molecule has 0 radical (unpaired) electrons. The third-order valence-electron chi connectivity index (χ3n) is 4.82. The molecule has 0 bridgehead atoms. The highest BCUT2D eigenvalue weighted by Crippen LogP contribution is 2.17. The Hall–Kier alpha value is -3.80. The number of H-pyrrole nitrogens is 2. The third kappa shape index (κ3) is 3.40. The second-order valence-electron chi connectivity index (χ2n) is 6.77. The molecule has 4 N–H and O–H groups in total. The molecule has 0 unspecified atom stereocenters. The van der Waals surface area contributed by atoms with Crippen LogP contribution in [-0.2, 0) is 13.1 Å². The molecule has 0 aliphatic heterocycles. The van der Waals surface area contributed by atoms with E-state index in [9.17, 15) is 0 Å². The standard InChI is InChI=1S/C22H20N6/c1-3-19-17(5-8-23-19)11-15(1)13-26-21-7-10-25-22(28-21)27-14-16-2-4-20-18(12-16)6-9-24-20/h1-12,23-24H,13-14H2,(H2,25,26,27,28). The SMILES string of the molecule is c1cc(NCc2ccc3[nH]ccc3c2)nc(NCc2ccc3[nH]ccc3c2)n1. The van der Waals surface area contributed by atoms with Crippen molar-refractivity contribution in [2.75, 3.05) is 10.6 Å². The summed E-state index contributed by atoms with van der Waals surface area (Å²) >= 11 is 0. The number of nitrogens with one attached hydrogen (secondary N) is 4. The average molecular weight is 368 g/mol. The zero-order valence-electron chi connectivity index (χ0n) is 15.2. The van der Waals surface area contributed by atoms with Crippen molar-refractivity contribution in [3.05, 3.63) is 84.3 Å². The minimum absolute atomic E-state index is 0.611. The van der Waals surface area contributed by atoms with Gasteiger partial charge in [0, 0.05) is 42.7 Å². The maximum absolute atomic E-state index is 4.56. The van der Waals surface area contributed by atoms with Gasteiger partial charge >= 0.3 is 0 Å². The van der Waals surface area contributed by atoms with Gasteiger partial charge in [-0.2, -0.15) is 4.98 Å². The Labute approximate surface area is 162 Å². The highest BCUT2D eigenvalue weighted by Gasteiger charge is 2.02. The zero-order valence-corrected chi connectivity index (χ0v) is 15.2. The normalized spacial score (nSPS) is 11.1. The molecule has 3 heterocycles. The number of hydrogen-bond donors (Lipinski definition) is 4. The maximum atomic E-state index is 4.56. The summed E-state index contributed by atoms with van der Waals surface area (Å²) in [6.07, 6.45) is 5.67. The van der Waals surface area contributed by atoms with Gasteiger partial charge in [0.25, 0.3) is 0 Å². The van der Waals surface area contributed by atoms with E-state index in [1.165, 1.54) is 21.9 Å². The maximum Gasteiger partial charge on any atom is 0.224 e. The van der Waals surface area contributed by atoms with Crippen molar-refractivity contribution in [2.45, 2.75) is 13.1 Å². The van der Waals surface area contributed by atoms with Crippen molar-refractivity contribution >= 4 is 33.6 Å². The molecule has 5 aromatic rings. The predicted octanol–water partition coefficient (Wildman–Crippen LogP) is 4.66. The lowest BCUT2D eigenvalue weighted by Gasteiger charge is -2.09. The zero-order chi connectivity index (χ0) is 18.8. The lowest BCUT2D eigenvalue weighted by Crippen LogP contribution is -2.06. The fraction of sp³-hybridized carbons (Fsp3) is 0.0909. The molecule has 0 fully saturated rings. The van der Waals surface area contributed by atoms with Crippen molar-refractivity contribution in [1.29, 1.82) is 0 Å². The summed E-state index contributed by atoms with van der Waals surface area (Å²) in [5.41, 5.74) is 4.69. The number of benzene rings is 2. The Kier molecular flexibility index (Phi) is 4.14. The summed E-state index contributed by atoms with van der Waals surface area (Å²) < 4.78 is 0. The second-order valence-corrected chi connectivity index (χ2v) is 6.77. The number of hydrogen-bond acceptors (Lipinski definition) is 4. The van der Waals surface area contributed by atoms with Crippen LogP contribution < -0.4 is 10.6 Å². The number of aromatic nitrogens is 4. The summed E-state index contributed by atoms with van der Waals surface area (Å²) in [6, 6.07) is 18.8. The predicted molar refractivity (Wildman–Crippen MR) is 113 cm³/mol. The third-order valence-corrected chi connectivity index (χ3v) is 4.82. The Morgan fingerprint density at radius 1 is 0.714 bits per heavy atom. The molecule has 5 rings (SSSR count). The van der Waals surface area contributed by atoms with Gasteiger partial charge in [0.05, 0.1) is 0 Å². The Morgan fingerprint density at radius 3 is 2.04 bits per heavy atom. The van der Waals surface area contributed by atoms with Crippen LogP contribution in [0.25, 0.3) is 21.8 Å². The molecule has 28 heavy (non-hydrogen) atoms. The van der Waals surface area contributed by atoms with Crippen LogP contribution in [0.5, 0.6) is 0 Å². The van der Waals surface area contributed by atoms with Gasteiger partial charge in [0.15, 0.2) is 0 Å². The van der Waals surface area contributed by atoms with Gasteiger partial charge in [0.1, 0.15) is 5.82 Å². The molecule has 6 nitrogen and oxygen atoms in total. The van der Waals surface area contributed by atoms with E-state index in [4.69, 9.17) is 0 Å². The van der Waals surface area contributed by atoms with Gasteiger partial charge in [-0.05, 0) is 64.4 Å². The van der Waals surface area contributed by atoms with Crippen LogP contribution in [0.3, 0.4) is 0 Å². The summed E-state index contributed by atoms with van der Waals surface area (Å²) in [6.45, 7) is 1.39. The smallest absolute Gasteiger partial charge is 0.224 e. The van der Waals surface area contributed by atoms with E-state index in [-0.39, 0.29) is 0 Å². The fourth-order valence-electron chi connectivity index (χ4n) is 3.34. The van der Waals surface area contributed by atoms with E-state index < -0.39 is 0 Å². The monoisotopic (exact) mass is 368 g/mol. The van der Waals surface area contributed by atoms with Gasteiger partial charge in [-0.25, -0.2) is 4.98 Å². The summed E-state index contributed by atoms with van der Waals surface area (Å²) in [4.78, 5) is 15.3. The minimum atomic E-state index is 0.611. The summed E-state index contributed by atoms with van der Waals surface area (Å²) in [5, 5.41) is 9.09. The topological polar surface area (TPSA) is 81.4 Å². The molecule has 0 atom stereocenters. The minimum Gasteiger partial charge on any atom is -0.366 e. The summed E-state index contributed by atoms with van der Waals surface area (Å²) in [7, 11) is 0. The van der Waals surface area contributed by atoms with Gasteiger partial charge in [0.2, 0.25) is 5.95 Å². The Morgan fingerprint density at radius 2 is 1.36 bits per heavy atom. The average Bonchev–Trinajstić information content (AvgIpc) is 3.39. The molecule has 0 aliphatic carbocycles.